The van der Waals surface area contributed by atoms with E-state index < -0.39 is 0 Å². The molecule has 0 atom stereocenters. The number of nitrogens with zero attached hydrogens (tertiary/aromatic N) is 2. The number of pyridine rings is 1. The molecule has 0 fully saturated rings. The van der Waals surface area contributed by atoms with Crippen LogP contribution in [0.3, 0.4) is 0 Å². The summed E-state index contributed by atoms with van der Waals surface area (Å²) in [5.74, 6) is 1.85. The Morgan fingerprint density at radius 1 is 0.900 bits per heavy atom. The van der Waals surface area contributed by atoms with Crippen molar-refractivity contribution >= 4 is 22.6 Å². The maximum atomic E-state index is 14.0. The highest BCUT2D eigenvalue weighted by molar-refractivity contribution is 6.31. The Labute approximate surface area is 188 Å². The van der Waals surface area contributed by atoms with E-state index in [0.717, 1.165) is 30.7 Å². The minimum absolute atomic E-state index is 0.0904. The number of aromatic nitrogens is 2. The fourth-order valence-corrected chi connectivity index (χ4v) is 5.88. The summed E-state index contributed by atoms with van der Waals surface area (Å²) in [5, 5.41) is 0.607. The standard InChI is InChI=1S/C26H42ClFN2/c1-19(2)26(20(3)4,21(5)6)15-12-10-8-7-9-11-13-16-30-17-14-22-24(28)23(27)18-29-25(22)30/h14,17-21H,7-13,15-16H2,1-6H3. The largest absolute Gasteiger partial charge is 0.332 e. The van der Waals surface area contributed by atoms with Crippen molar-refractivity contribution in [3.8, 4) is 0 Å². The van der Waals surface area contributed by atoms with Crippen LogP contribution >= 0.6 is 11.6 Å². The van der Waals surface area contributed by atoms with Gasteiger partial charge in [0, 0.05) is 12.7 Å². The van der Waals surface area contributed by atoms with Crippen molar-refractivity contribution in [2.75, 3.05) is 0 Å². The van der Waals surface area contributed by atoms with Crippen molar-refractivity contribution < 1.29 is 4.39 Å². The Morgan fingerprint density at radius 2 is 1.43 bits per heavy atom. The molecule has 0 aromatic carbocycles. The van der Waals surface area contributed by atoms with Crippen LogP contribution in [0.4, 0.5) is 4.39 Å². The lowest BCUT2D eigenvalue weighted by Gasteiger charge is -2.45. The molecular weight excluding hydrogens is 395 g/mol. The SMILES string of the molecule is CC(C)C(CCCCCCCCCn1ccc2c(F)c(Cl)cnc21)(C(C)C)C(C)C. The number of aryl methyl sites for hydroxylation is 1. The summed E-state index contributed by atoms with van der Waals surface area (Å²) < 4.78 is 16.1. The molecule has 2 aromatic heterocycles. The van der Waals surface area contributed by atoms with Crippen LogP contribution in [0, 0.1) is 29.0 Å². The number of unbranched alkanes of at least 4 members (excludes halogenated alkanes) is 6. The average molecular weight is 437 g/mol. The van der Waals surface area contributed by atoms with Gasteiger partial charge in [0.05, 0.1) is 16.6 Å². The van der Waals surface area contributed by atoms with Crippen molar-refractivity contribution in [2.24, 2.45) is 23.2 Å². The molecule has 0 saturated heterocycles. The van der Waals surface area contributed by atoms with E-state index >= 15 is 0 Å². The second-order valence-corrected chi connectivity index (χ2v) is 10.4. The van der Waals surface area contributed by atoms with Gasteiger partial charge < -0.3 is 4.57 Å². The number of fused-ring (bicyclic) bond motifs is 1. The second-order valence-electron chi connectivity index (χ2n) is 9.97. The van der Waals surface area contributed by atoms with Gasteiger partial charge in [-0.1, -0.05) is 91.7 Å². The molecule has 0 amide bonds. The van der Waals surface area contributed by atoms with Gasteiger partial charge in [-0.15, -0.1) is 0 Å². The average Bonchev–Trinajstić information content (AvgIpc) is 3.09. The van der Waals surface area contributed by atoms with Gasteiger partial charge in [0.25, 0.3) is 0 Å². The Kier molecular flexibility index (Phi) is 9.66. The van der Waals surface area contributed by atoms with E-state index in [-0.39, 0.29) is 10.8 Å². The van der Waals surface area contributed by atoms with Crippen LogP contribution < -0.4 is 0 Å². The molecular formula is C26H42ClFN2. The van der Waals surface area contributed by atoms with Gasteiger partial charge in [-0.25, -0.2) is 9.37 Å². The lowest BCUT2D eigenvalue weighted by molar-refractivity contribution is 0.0356. The predicted molar refractivity (Wildman–Crippen MR) is 129 cm³/mol. The van der Waals surface area contributed by atoms with Crippen LogP contribution in [0.1, 0.15) is 92.9 Å². The monoisotopic (exact) mass is 436 g/mol. The molecule has 0 bridgehead atoms. The van der Waals surface area contributed by atoms with Gasteiger partial charge in [0.15, 0.2) is 5.82 Å². The van der Waals surface area contributed by atoms with E-state index in [4.69, 9.17) is 11.6 Å². The first kappa shape index (κ1) is 25.2. The first-order chi connectivity index (χ1) is 14.2. The van der Waals surface area contributed by atoms with Gasteiger partial charge >= 0.3 is 0 Å². The van der Waals surface area contributed by atoms with Crippen LogP contribution in [0.15, 0.2) is 18.5 Å². The highest BCUT2D eigenvalue weighted by atomic mass is 35.5. The molecule has 170 valence electrons. The summed E-state index contributed by atoms with van der Waals surface area (Å²) >= 11 is 5.82. The highest BCUT2D eigenvalue weighted by Gasteiger charge is 2.39. The Morgan fingerprint density at radius 3 is 2.00 bits per heavy atom. The number of hydrogen-bond donors (Lipinski definition) is 0. The zero-order valence-electron chi connectivity index (χ0n) is 20.0. The molecule has 0 N–H and O–H groups in total. The molecule has 2 nitrogen and oxygen atoms in total. The third kappa shape index (κ3) is 5.78. The maximum absolute atomic E-state index is 14.0. The minimum atomic E-state index is -0.364. The van der Waals surface area contributed by atoms with E-state index in [0.29, 0.717) is 16.4 Å². The van der Waals surface area contributed by atoms with Crippen LogP contribution in [-0.2, 0) is 6.54 Å². The van der Waals surface area contributed by atoms with Gasteiger partial charge in [0.1, 0.15) is 5.65 Å². The molecule has 0 radical (unpaired) electrons. The molecule has 2 aromatic rings. The fraction of sp³-hybridized carbons (Fsp3) is 0.731. The van der Waals surface area contributed by atoms with Crippen LogP contribution in [0.2, 0.25) is 5.02 Å². The van der Waals surface area contributed by atoms with E-state index in [9.17, 15) is 4.39 Å². The highest BCUT2D eigenvalue weighted by Crippen LogP contribution is 2.47. The van der Waals surface area contributed by atoms with E-state index in [1.165, 1.54) is 51.1 Å². The molecule has 2 rings (SSSR count). The maximum Gasteiger partial charge on any atom is 0.154 e. The summed E-state index contributed by atoms with van der Waals surface area (Å²) in [6.07, 6.45) is 13.6. The molecule has 0 aliphatic heterocycles. The summed E-state index contributed by atoms with van der Waals surface area (Å²) in [5.41, 5.74) is 1.16. The first-order valence-corrected chi connectivity index (χ1v) is 12.4. The van der Waals surface area contributed by atoms with Crippen molar-refractivity contribution in [2.45, 2.75) is 99.5 Å². The van der Waals surface area contributed by atoms with Crippen molar-refractivity contribution in [3.63, 3.8) is 0 Å². The zero-order valence-corrected chi connectivity index (χ0v) is 20.7. The Hall–Kier alpha value is -1.09. The lowest BCUT2D eigenvalue weighted by atomic mass is 9.60. The van der Waals surface area contributed by atoms with Gasteiger partial charge in [-0.05, 0) is 42.1 Å². The number of rotatable bonds is 13. The normalized spacial score (nSPS) is 12.8. The van der Waals surface area contributed by atoms with Crippen LogP contribution in [0.25, 0.3) is 11.0 Å². The van der Waals surface area contributed by atoms with Crippen molar-refractivity contribution in [1.29, 1.82) is 0 Å². The minimum Gasteiger partial charge on any atom is -0.332 e. The zero-order chi connectivity index (χ0) is 22.3. The van der Waals surface area contributed by atoms with E-state index in [1.807, 2.05) is 10.8 Å². The first-order valence-electron chi connectivity index (χ1n) is 12.0. The topological polar surface area (TPSA) is 17.8 Å². The van der Waals surface area contributed by atoms with E-state index in [2.05, 4.69) is 46.5 Å². The number of halogens is 2. The molecule has 0 unspecified atom stereocenters. The van der Waals surface area contributed by atoms with E-state index in [1.54, 1.807) is 6.07 Å². The van der Waals surface area contributed by atoms with Crippen LogP contribution in [-0.4, -0.2) is 9.55 Å². The number of hydrogen-bond acceptors (Lipinski definition) is 1. The molecule has 0 saturated carbocycles. The van der Waals surface area contributed by atoms with Crippen molar-refractivity contribution in [3.05, 3.63) is 29.3 Å². The molecule has 30 heavy (non-hydrogen) atoms. The Bertz CT molecular complexity index is 757. The second kappa shape index (κ2) is 11.5. The molecule has 0 aliphatic rings. The molecule has 2 heterocycles. The third-order valence-corrected chi connectivity index (χ3v) is 7.68. The quantitative estimate of drug-likeness (QED) is 0.286. The molecule has 0 aliphatic carbocycles. The summed E-state index contributed by atoms with van der Waals surface area (Å²) in [4.78, 5) is 4.30. The van der Waals surface area contributed by atoms with Gasteiger partial charge in [-0.3, -0.25) is 0 Å². The summed E-state index contributed by atoms with van der Waals surface area (Å²) in [6, 6.07) is 1.77. The summed E-state index contributed by atoms with van der Waals surface area (Å²) in [7, 11) is 0. The molecule has 0 spiro atoms. The van der Waals surface area contributed by atoms with Gasteiger partial charge in [0.2, 0.25) is 0 Å². The Balaban J connectivity index is 1.65. The van der Waals surface area contributed by atoms with Crippen molar-refractivity contribution in [1.82, 2.24) is 9.55 Å². The lowest BCUT2D eigenvalue weighted by Crippen LogP contribution is -2.38. The molecule has 4 heteroatoms. The van der Waals surface area contributed by atoms with Gasteiger partial charge in [-0.2, -0.15) is 0 Å². The fourth-order valence-electron chi connectivity index (χ4n) is 5.73. The smallest absolute Gasteiger partial charge is 0.154 e. The predicted octanol–water partition coefficient (Wildman–Crippen LogP) is 8.90. The third-order valence-electron chi connectivity index (χ3n) is 7.41. The summed E-state index contributed by atoms with van der Waals surface area (Å²) in [6.45, 7) is 15.3. The van der Waals surface area contributed by atoms with Crippen LogP contribution in [0.5, 0.6) is 0 Å².